The van der Waals surface area contributed by atoms with E-state index in [9.17, 15) is 14.7 Å². The van der Waals surface area contributed by atoms with Gasteiger partial charge in [-0.15, -0.1) is 11.3 Å². The summed E-state index contributed by atoms with van der Waals surface area (Å²) in [5.74, 6) is -0.690. The van der Waals surface area contributed by atoms with E-state index in [1.807, 2.05) is 11.4 Å². The van der Waals surface area contributed by atoms with E-state index in [-0.39, 0.29) is 5.91 Å². The van der Waals surface area contributed by atoms with E-state index in [0.717, 1.165) is 25.9 Å². The predicted octanol–water partition coefficient (Wildman–Crippen LogP) is 2.84. The van der Waals surface area contributed by atoms with Gasteiger partial charge >= 0.3 is 5.97 Å². The van der Waals surface area contributed by atoms with Gasteiger partial charge in [0.25, 0.3) is 0 Å². The summed E-state index contributed by atoms with van der Waals surface area (Å²) in [6.07, 6.45) is 2.46. The van der Waals surface area contributed by atoms with E-state index in [1.54, 1.807) is 13.1 Å². The van der Waals surface area contributed by atoms with Crippen LogP contribution < -0.4 is 0 Å². The molecular weight excluding hydrogens is 312 g/mol. The van der Waals surface area contributed by atoms with Gasteiger partial charge in [0.05, 0.1) is 0 Å². The molecule has 1 amide bonds. The molecule has 1 aromatic rings. The van der Waals surface area contributed by atoms with E-state index in [0.29, 0.717) is 23.3 Å². The highest BCUT2D eigenvalue weighted by molar-refractivity contribution is 7.10. The number of carbonyl (C=O) groups excluding carboxylic acids is 1. The van der Waals surface area contributed by atoms with Gasteiger partial charge in [0, 0.05) is 24.4 Å². The van der Waals surface area contributed by atoms with Gasteiger partial charge in [0.15, 0.2) is 6.04 Å². The number of piperidine rings is 1. The second kappa shape index (κ2) is 7.93. The fourth-order valence-corrected chi connectivity index (χ4v) is 3.99. The maximum atomic E-state index is 12.5. The van der Waals surface area contributed by atoms with Crippen molar-refractivity contribution in [1.82, 2.24) is 9.80 Å². The number of nitrogens with zero attached hydrogens (tertiary/aromatic N) is 2. The van der Waals surface area contributed by atoms with Crippen molar-refractivity contribution in [2.45, 2.75) is 45.2 Å². The van der Waals surface area contributed by atoms with Gasteiger partial charge in [-0.3, -0.25) is 4.79 Å². The van der Waals surface area contributed by atoms with Crippen molar-refractivity contribution >= 4 is 23.2 Å². The summed E-state index contributed by atoms with van der Waals surface area (Å²) >= 11 is 1.37. The number of amides is 1. The number of aliphatic carboxylic acids is 1. The highest BCUT2D eigenvalue weighted by Crippen LogP contribution is 2.27. The van der Waals surface area contributed by atoms with Crippen LogP contribution in [0.5, 0.6) is 0 Å². The number of hydrogen-bond donors (Lipinski definition) is 1. The fourth-order valence-electron chi connectivity index (χ4n) is 3.13. The minimum atomic E-state index is -0.974. The van der Waals surface area contributed by atoms with Crippen LogP contribution in [-0.4, -0.2) is 53.0 Å². The molecule has 128 valence electrons. The first-order chi connectivity index (χ1) is 10.9. The van der Waals surface area contributed by atoms with Crippen LogP contribution in [0.3, 0.4) is 0 Å². The average molecular weight is 338 g/mol. The number of likely N-dealkylation sites (tertiary alicyclic amines) is 1. The zero-order valence-electron chi connectivity index (χ0n) is 14.1. The third-order valence-electron chi connectivity index (χ3n) is 4.67. The molecule has 1 aliphatic rings. The number of thiophene rings is 1. The maximum absolute atomic E-state index is 12.5. The lowest BCUT2D eigenvalue weighted by atomic mass is 9.92. The van der Waals surface area contributed by atoms with Crippen LogP contribution in [0.25, 0.3) is 0 Å². The smallest absolute Gasteiger partial charge is 0.331 e. The molecule has 1 aliphatic heterocycles. The number of carboxylic acids is 1. The number of hydrogen-bond acceptors (Lipinski definition) is 4. The molecule has 0 radical (unpaired) electrons. The Morgan fingerprint density at radius 2 is 2.04 bits per heavy atom. The molecule has 23 heavy (non-hydrogen) atoms. The topological polar surface area (TPSA) is 60.9 Å². The Labute approximate surface area is 141 Å². The van der Waals surface area contributed by atoms with Crippen LogP contribution in [0.1, 0.15) is 44.0 Å². The Hall–Kier alpha value is -1.40. The third kappa shape index (κ3) is 4.54. The molecule has 2 heterocycles. The van der Waals surface area contributed by atoms with Crippen molar-refractivity contribution in [2.75, 3.05) is 20.1 Å². The summed E-state index contributed by atoms with van der Waals surface area (Å²) in [5.41, 5.74) is 0. The molecular formula is C17H26N2O3S. The molecule has 1 N–H and O–H groups in total. The zero-order chi connectivity index (χ0) is 17.0. The molecule has 0 saturated carbocycles. The lowest BCUT2D eigenvalue weighted by Gasteiger charge is -2.35. The standard InChI is InChI=1S/C17H26N2O3S/c1-12(2)19-8-6-13(7-9-19)11-15(20)18(3)16(17(21)22)14-5-4-10-23-14/h4-5,10,12-13,16H,6-9,11H2,1-3H3,(H,21,22)/t16-/m1/s1. The molecule has 2 rings (SSSR count). The van der Waals surface area contributed by atoms with Crippen molar-refractivity contribution in [3.05, 3.63) is 22.4 Å². The molecule has 6 heteroatoms. The van der Waals surface area contributed by atoms with E-state index in [4.69, 9.17) is 0 Å². The second-order valence-electron chi connectivity index (χ2n) is 6.54. The van der Waals surface area contributed by atoms with Crippen LogP contribution in [0.15, 0.2) is 17.5 Å². The minimum absolute atomic E-state index is 0.0752. The largest absolute Gasteiger partial charge is 0.479 e. The van der Waals surface area contributed by atoms with Crippen molar-refractivity contribution in [3.63, 3.8) is 0 Å². The lowest BCUT2D eigenvalue weighted by molar-refractivity contribution is -0.149. The Balaban J connectivity index is 1.93. The highest BCUT2D eigenvalue weighted by atomic mass is 32.1. The monoisotopic (exact) mass is 338 g/mol. The van der Waals surface area contributed by atoms with Crippen molar-refractivity contribution in [2.24, 2.45) is 5.92 Å². The summed E-state index contributed by atoms with van der Waals surface area (Å²) in [5, 5.41) is 11.3. The van der Waals surface area contributed by atoms with Crippen LogP contribution in [0.4, 0.5) is 0 Å². The van der Waals surface area contributed by atoms with Gasteiger partial charge in [-0.25, -0.2) is 4.79 Å². The molecule has 1 aromatic heterocycles. The number of carboxylic acid groups (broad SMARTS) is 1. The van der Waals surface area contributed by atoms with Crippen LogP contribution in [0, 0.1) is 5.92 Å². The molecule has 1 saturated heterocycles. The summed E-state index contributed by atoms with van der Waals surface area (Å²) in [6.45, 7) is 6.43. The molecule has 1 fully saturated rings. The average Bonchev–Trinajstić information content (AvgIpc) is 3.01. The van der Waals surface area contributed by atoms with Gasteiger partial charge in [0.1, 0.15) is 0 Å². The normalized spacial score (nSPS) is 18.1. The summed E-state index contributed by atoms with van der Waals surface area (Å²) < 4.78 is 0. The first-order valence-corrected chi connectivity index (χ1v) is 9.04. The molecule has 0 aromatic carbocycles. The molecule has 0 aliphatic carbocycles. The van der Waals surface area contributed by atoms with Crippen LogP contribution in [-0.2, 0) is 9.59 Å². The van der Waals surface area contributed by atoms with Crippen molar-refractivity contribution in [3.8, 4) is 0 Å². The van der Waals surface area contributed by atoms with Gasteiger partial charge in [-0.05, 0) is 57.1 Å². The third-order valence-corrected chi connectivity index (χ3v) is 5.59. The Kier molecular flexibility index (Phi) is 6.18. The zero-order valence-corrected chi connectivity index (χ0v) is 14.9. The fraction of sp³-hybridized carbons (Fsp3) is 0.647. The second-order valence-corrected chi connectivity index (χ2v) is 7.52. The van der Waals surface area contributed by atoms with Gasteiger partial charge in [0.2, 0.25) is 5.91 Å². The Bertz CT molecular complexity index is 522. The minimum Gasteiger partial charge on any atom is -0.479 e. The molecule has 5 nitrogen and oxygen atoms in total. The van der Waals surface area contributed by atoms with E-state index >= 15 is 0 Å². The highest BCUT2D eigenvalue weighted by Gasteiger charge is 2.31. The van der Waals surface area contributed by atoms with Crippen molar-refractivity contribution < 1.29 is 14.7 Å². The van der Waals surface area contributed by atoms with Crippen LogP contribution >= 0.6 is 11.3 Å². The van der Waals surface area contributed by atoms with Gasteiger partial charge in [-0.1, -0.05) is 6.07 Å². The van der Waals surface area contributed by atoms with Crippen molar-refractivity contribution in [1.29, 1.82) is 0 Å². The molecule has 1 atom stereocenters. The van der Waals surface area contributed by atoms with E-state index < -0.39 is 12.0 Å². The summed E-state index contributed by atoms with van der Waals surface area (Å²) in [7, 11) is 1.60. The SMILES string of the molecule is CC(C)N1CCC(CC(=O)N(C)[C@@H](C(=O)O)c2cccs2)CC1. The van der Waals surface area contributed by atoms with Crippen LogP contribution in [0.2, 0.25) is 0 Å². The number of likely N-dealkylation sites (N-methyl/N-ethyl adjacent to an activating group) is 1. The number of rotatable bonds is 6. The Morgan fingerprint density at radius 3 is 2.52 bits per heavy atom. The summed E-state index contributed by atoms with van der Waals surface area (Å²) in [6, 6.07) is 3.26. The van der Waals surface area contributed by atoms with E-state index in [2.05, 4.69) is 18.7 Å². The summed E-state index contributed by atoms with van der Waals surface area (Å²) in [4.78, 5) is 28.6. The van der Waals surface area contributed by atoms with E-state index in [1.165, 1.54) is 16.2 Å². The lowest BCUT2D eigenvalue weighted by Crippen LogP contribution is -2.41. The molecule has 0 unspecified atom stereocenters. The quantitative estimate of drug-likeness (QED) is 0.866. The Morgan fingerprint density at radius 1 is 1.39 bits per heavy atom. The molecule has 0 spiro atoms. The first-order valence-electron chi connectivity index (χ1n) is 8.16. The molecule has 0 bridgehead atoms. The maximum Gasteiger partial charge on any atom is 0.331 e. The number of carbonyl (C=O) groups is 2. The van der Waals surface area contributed by atoms with Gasteiger partial charge in [-0.2, -0.15) is 0 Å². The predicted molar refractivity (Wildman–Crippen MR) is 91.5 cm³/mol. The first kappa shape index (κ1) is 17.9. The van der Waals surface area contributed by atoms with Gasteiger partial charge < -0.3 is 14.9 Å².